The minimum atomic E-state index is -1.94. The van der Waals surface area contributed by atoms with Crippen molar-refractivity contribution in [3.63, 3.8) is 0 Å². The lowest BCUT2D eigenvalue weighted by Crippen LogP contribution is -2.51. The number of anilines is 1. The van der Waals surface area contributed by atoms with Gasteiger partial charge in [0.15, 0.2) is 10.8 Å². The predicted octanol–water partition coefficient (Wildman–Crippen LogP) is 1.01. The third-order valence-corrected chi connectivity index (χ3v) is 6.39. The number of aliphatic imine (C=N–C) groups is 1. The molecule has 1 aromatic rings. The Labute approximate surface area is 156 Å². The highest BCUT2D eigenvalue weighted by Gasteiger charge is 2.59. The molecule has 0 spiro atoms. The first-order valence-electron chi connectivity index (χ1n) is 8.92. The van der Waals surface area contributed by atoms with Gasteiger partial charge in [-0.3, -0.25) is 19.4 Å². The van der Waals surface area contributed by atoms with Gasteiger partial charge in [0, 0.05) is 5.56 Å². The fraction of sp³-hybridized carbons (Fsp3) is 0.500. The number of aliphatic hydroxyl groups is 1. The van der Waals surface area contributed by atoms with Crippen LogP contribution in [0.15, 0.2) is 29.3 Å². The molecule has 0 bridgehead atoms. The highest BCUT2D eigenvalue weighted by atomic mass is 32.2. The monoisotopic (exact) mass is 374 g/mol. The Morgan fingerprint density at radius 2 is 1.88 bits per heavy atom. The number of likely N-dealkylation sites (tertiary alicyclic amines) is 1. The van der Waals surface area contributed by atoms with Gasteiger partial charge in [0.1, 0.15) is 5.25 Å². The highest BCUT2D eigenvalue weighted by Crippen LogP contribution is 2.47. The molecule has 3 aliphatic heterocycles. The molecule has 0 aromatic heterocycles. The largest absolute Gasteiger partial charge is 0.378 e. The topological polar surface area (TPSA) is 99.2 Å². The third-order valence-electron chi connectivity index (χ3n) is 5.28. The zero-order valence-corrected chi connectivity index (χ0v) is 15.2. The zero-order valence-electron chi connectivity index (χ0n) is 14.4. The molecule has 2 amide bonds. The van der Waals surface area contributed by atoms with Crippen molar-refractivity contribution in [1.82, 2.24) is 4.90 Å². The van der Waals surface area contributed by atoms with E-state index in [0.29, 0.717) is 17.9 Å². The molecule has 0 aliphatic carbocycles. The summed E-state index contributed by atoms with van der Waals surface area (Å²) in [6.45, 7) is 2.27. The lowest BCUT2D eigenvalue weighted by molar-refractivity contribution is -0.140. The number of hydrogen-bond donors (Lipinski definition) is 2. The molecule has 0 radical (unpaired) electrons. The highest BCUT2D eigenvalue weighted by molar-refractivity contribution is 8.15. The molecule has 1 aromatic carbocycles. The van der Waals surface area contributed by atoms with E-state index in [-0.39, 0.29) is 5.17 Å². The van der Waals surface area contributed by atoms with E-state index in [9.17, 15) is 14.7 Å². The summed E-state index contributed by atoms with van der Waals surface area (Å²) in [7, 11) is 0. The molecule has 0 saturated carbocycles. The first-order valence-corrected chi connectivity index (χ1v) is 9.80. The molecule has 2 atom stereocenters. The first-order chi connectivity index (χ1) is 12.5. The summed E-state index contributed by atoms with van der Waals surface area (Å²) in [5.74, 6) is -1.03. The maximum Gasteiger partial charge on any atom is 0.266 e. The third kappa shape index (κ3) is 2.72. The molecular weight excluding hydrogens is 352 g/mol. The number of nitrogens with two attached hydrogens (primary N) is 1. The van der Waals surface area contributed by atoms with Gasteiger partial charge in [0.2, 0.25) is 0 Å². The number of thioether (sulfide) groups is 1. The number of amides is 2. The van der Waals surface area contributed by atoms with Crippen LogP contribution < -0.4 is 10.6 Å². The molecule has 3 N–H and O–H groups in total. The summed E-state index contributed by atoms with van der Waals surface area (Å²) in [6.07, 6.45) is 4.62. The van der Waals surface area contributed by atoms with Crippen LogP contribution in [0.3, 0.4) is 0 Å². The van der Waals surface area contributed by atoms with Gasteiger partial charge in [-0.15, -0.1) is 0 Å². The molecule has 1 saturated heterocycles. The normalized spacial score (nSPS) is 29.7. The molecule has 1 fully saturated rings. The van der Waals surface area contributed by atoms with Gasteiger partial charge >= 0.3 is 0 Å². The van der Waals surface area contributed by atoms with E-state index in [1.165, 1.54) is 12.8 Å². The summed E-state index contributed by atoms with van der Waals surface area (Å²) in [6, 6.07) is 7.12. The van der Waals surface area contributed by atoms with Crippen LogP contribution in [-0.4, -0.2) is 52.0 Å². The van der Waals surface area contributed by atoms with Gasteiger partial charge < -0.3 is 10.8 Å². The van der Waals surface area contributed by atoms with Gasteiger partial charge in [0.25, 0.3) is 11.8 Å². The van der Waals surface area contributed by atoms with Crippen LogP contribution in [0.1, 0.15) is 31.2 Å². The van der Waals surface area contributed by atoms with E-state index in [0.717, 1.165) is 37.7 Å². The molecule has 8 heteroatoms. The van der Waals surface area contributed by atoms with Crippen molar-refractivity contribution in [2.24, 2.45) is 10.7 Å². The number of para-hydroxylation sites is 1. The summed E-state index contributed by atoms with van der Waals surface area (Å²) >= 11 is 0.956. The Bertz CT molecular complexity index is 775. The lowest BCUT2D eigenvalue weighted by atomic mass is 9.91. The maximum absolute atomic E-state index is 13.3. The van der Waals surface area contributed by atoms with Crippen LogP contribution in [-0.2, 0) is 15.2 Å². The van der Waals surface area contributed by atoms with Gasteiger partial charge in [-0.1, -0.05) is 42.8 Å². The Hall–Kier alpha value is -1.90. The van der Waals surface area contributed by atoms with E-state index in [2.05, 4.69) is 9.89 Å². The molecule has 4 rings (SSSR count). The average Bonchev–Trinajstić information content (AvgIpc) is 2.93. The molecule has 2 unspecified atom stereocenters. The first kappa shape index (κ1) is 17.5. The second-order valence-corrected chi connectivity index (χ2v) is 8.10. The molecule has 3 heterocycles. The van der Waals surface area contributed by atoms with Crippen LogP contribution in [0, 0.1) is 0 Å². The van der Waals surface area contributed by atoms with Gasteiger partial charge in [-0.25, -0.2) is 0 Å². The molecule has 26 heavy (non-hydrogen) atoms. The number of amidine groups is 1. The van der Waals surface area contributed by atoms with E-state index < -0.39 is 22.7 Å². The van der Waals surface area contributed by atoms with Gasteiger partial charge in [-0.05, 0) is 32.0 Å². The standard InChI is InChI=1S/C18H22N4O3S/c19-17-20-15(23)14(26-17)18(25)12-7-3-4-8-13(12)22(16(18)24)11-21-9-5-1-2-6-10-21/h3-4,7-8,14,25H,1-2,5-6,9-11H2,(H2,19,20,23). The van der Waals surface area contributed by atoms with Crippen molar-refractivity contribution in [1.29, 1.82) is 0 Å². The fourth-order valence-electron chi connectivity index (χ4n) is 3.96. The summed E-state index contributed by atoms with van der Waals surface area (Å²) < 4.78 is 0. The SMILES string of the molecule is NC1=NC(=O)C(C2(O)C(=O)N(CN3CCCCCC3)c3ccccc32)S1. The quantitative estimate of drug-likeness (QED) is 0.819. The Balaban J connectivity index is 1.67. The Morgan fingerprint density at radius 3 is 2.54 bits per heavy atom. The van der Waals surface area contributed by atoms with Gasteiger partial charge in [-0.2, -0.15) is 4.99 Å². The van der Waals surface area contributed by atoms with Crippen molar-refractivity contribution in [2.75, 3.05) is 24.7 Å². The molecular formula is C18H22N4O3S. The van der Waals surface area contributed by atoms with E-state index in [1.807, 2.05) is 12.1 Å². The number of fused-ring (bicyclic) bond motifs is 1. The number of benzene rings is 1. The fourth-order valence-corrected chi connectivity index (χ4v) is 4.90. The maximum atomic E-state index is 13.3. The second kappa shape index (κ2) is 6.68. The summed E-state index contributed by atoms with van der Waals surface area (Å²) in [5.41, 5.74) is 4.83. The van der Waals surface area contributed by atoms with Crippen molar-refractivity contribution in [3.8, 4) is 0 Å². The summed E-state index contributed by atoms with van der Waals surface area (Å²) in [4.78, 5) is 33.1. The van der Waals surface area contributed by atoms with E-state index in [1.54, 1.807) is 17.0 Å². The Morgan fingerprint density at radius 1 is 1.19 bits per heavy atom. The van der Waals surface area contributed by atoms with Crippen molar-refractivity contribution in [3.05, 3.63) is 29.8 Å². The number of carbonyl (C=O) groups is 2. The zero-order chi connectivity index (χ0) is 18.3. The van der Waals surface area contributed by atoms with Crippen molar-refractivity contribution < 1.29 is 14.7 Å². The number of nitrogens with zero attached hydrogens (tertiary/aromatic N) is 3. The van der Waals surface area contributed by atoms with Crippen molar-refractivity contribution >= 4 is 34.4 Å². The number of hydrogen-bond acceptors (Lipinski definition) is 6. The van der Waals surface area contributed by atoms with Crippen LogP contribution in [0.4, 0.5) is 5.69 Å². The number of carbonyl (C=O) groups excluding carboxylic acids is 2. The minimum Gasteiger partial charge on any atom is -0.378 e. The van der Waals surface area contributed by atoms with E-state index >= 15 is 0 Å². The minimum absolute atomic E-state index is 0.0877. The predicted molar refractivity (Wildman–Crippen MR) is 101 cm³/mol. The second-order valence-electron chi connectivity index (χ2n) is 6.98. The molecule has 138 valence electrons. The Kier molecular flexibility index (Phi) is 4.50. The average molecular weight is 374 g/mol. The van der Waals surface area contributed by atoms with Crippen molar-refractivity contribution in [2.45, 2.75) is 36.5 Å². The van der Waals surface area contributed by atoms with E-state index in [4.69, 9.17) is 5.73 Å². The smallest absolute Gasteiger partial charge is 0.266 e. The van der Waals surface area contributed by atoms with Crippen LogP contribution in [0.2, 0.25) is 0 Å². The molecule has 3 aliphatic rings. The van der Waals surface area contributed by atoms with Crippen LogP contribution >= 0.6 is 11.8 Å². The number of rotatable bonds is 3. The van der Waals surface area contributed by atoms with Gasteiger partial charge in [0.05, 0.1) is 12.4 Å². The molecule has 7 nitrogen and oxygen atoms in total. The van der Waals surface area contributed by atoms with Crippen LogP contribution in [0.25, 0.3) is 0 Å². The lowest BCUT2D eigenvalue weighted by Gasteiger charge is -2.29. The van der Waals surface area contributed by atoms with Crippen LogP contribution in [0.5, 0.6) is 0 Å². The summed E-state index contributed by atoms with van der Waals surface area (Å²) in [5, 5.41) is 10.4.